The van der Waals surface area contributed by atoms with E-state index in [-0.39, 0.29) is 11.8 Å². The smallest absolute Gasteiger partial charge is 0.272 e. The molecule has 0 N–H and O–H groups in total. The second-order valence-electron chi connectivity index (χ2n) is 5.69. The number of piperazine rings is 1. The number of carbonyl (C=O) groups excluding carboxylic acids is 2. The standard InChI is InChI=1S/C18H18ClN3O2/c19-15-6-4-14(5-7-15)13-17(23)21-9-11-22(12-10-21)18(24)16-3-1-2-8-20-16/h1-8H,9-13H2. The molecule has 2 heterocycles. The molecule has 0 bridgehead atoms. The van der Waals surface area contributed by atoms with Crippen molar-refractivity contribution >= 4 is 23.4 Å². The molecule has 0 aliphatic carbocycles. The highest BCUT2D eigenvalue weighted by Crippen LogP contribution is 2.12. The Hall–Kier alpha value is -2.40. The topological polar surface area (TPSA) is 53.5 Å². The molecule has 1 saturated heterocycles. The van der Waals surface area contributed by atoms with Gasteiger partial charge in [-0.15, -0.1) is 0 Å². The Morgan fingerprint density at radius 3 is 2.25 bits per heavy atom. The Morgan fingerprint density at radius 1 is 0.958 bits per heavy atom. The third kappa shape index (κ3) is 3.92. The number of amides is 2. The molecule has 1 aliphatic heterocycles. The molecule has 2 amide bonds. The molecule has 124 valence electrons. The van der Waals surface area contributed by atoms with Gasteiger partial charge >= 0.3 is 0 Å². The molecule has 0 spiro atoms. The number of halogens is 1. The minimum Gasteiger partial charge on any atom is -0.339 e. The van der Waals surface area contributed by atoms with Gasteiger partial charge in [-0.2, -0.15) is 0 Å². The predicted molar refractivity (Wildman–Crippen MR) is 91.9 cm³/mol. The Labute approximate surface area is 145 Å². The van der Waals surface area contributed by atoms with Gasteiger partial charge in [0.1, 0.15) is 5.69 Å². The SMILES string of the molecule is O=C(Cc1ccc(Cl)cc1)N1CCN(C(=O)c2ccccn2)CC1. The first kappa shape index (κ1) is 16.5. The number of rotatable bonds is 3. The Morgan fingerprint density at radius 2 is 1.62 bits per heavy atom. The summed E-state index contributed by atoms with van der Waals surface area (Å²) in [6.45, 7) is 2.15. The zero-order chi connectivity index (χ0) is 16.9. The summed E-state index contributed by atoms with van der Waals surface area (Å²) in [5, 5.41) is 0.660. The summed E-state index contributed by atoms with van der Waals surface area (Å²) in [4.78, 5) is 32.4. The van der Waals surface area contributed by atoms with E-state index < -0.39 is 0 Å². The van der Waals surface area contributed by atoms with E-state index in [9.17, 15) is 9.59 Å². The van der Waals surface area contributed by atoms with Gasteiger partial charge < -0.3 is 9.80 Å². The van der Waals surface area contributed by atoms with Gasteiger partial charge in [-0.25, -0.2) is 0 Å². The van der Waals surface area contributed by atoms with Gasteiger partial charge in [-0.1, -0.05) is 29.8 Å². The number of hydrogen-bond acceptors (Lipinski definition) is 3. The van der Waals surface area contributed by atoms with E-state index in [0.717, 1.165) is 5.56 Å². The van der Waals surface area contributed by atoms with Gasteiger partial charge in [-0.05, 0) is 29.8 Å². The quantitative estimate of drug-likeness (QED) is 0.859. The second kappa shape index (κ2) is 7.45. The van der Waals surface area contributed by atoms with Crippen molar-refractivity contribution < 1.29 is 9.59 Å². The summed E-state index contributed by atoms with van der Waals surface area (Å²) in [5.41, 5.74) is 1.38. The maximum Gasteiger partial charge on any atom is 0.272 e. The summed E-state index contributed by atoms with van der Waals surface area (Å²) in [6.07, 6.45) is 1.96. The first-order chi connectivity index (χ1) is 11.6. The van der Waals surface area contributed by atoms with Crippen molar-refractivity contribution in [3.63, 3.8) is 0 Å². The molecule has 0 unspecified atom stereocenters. The lowest BCUT2D eigenvalue weighted by atomic mass is 10.1. The van der Waals surface area contributed by atoms with Gasteiger partial charge in [0.15, 0.2) is 0 Å². The molecule has 0 atom stereocenters. The Balaban J connectivity index is 1.54. The zero-order valence-electron chi connectivity index (χ0n) is 13.2. The van der Waals surface area contributed by atoms with Crippen LogP contribution in [-0.4, -0.2) is 52.8 Å². The van der Waals surface area contributed by atoms with Crippen molar-refractivity contribution in [2.45, 2.75) is 6.42 Å². The Bertz CT molecular complexity index is 711. The van der Waals surface area contributed by atoms with Crippen LogP contribution in [0.25, 0.3) is 0 Å². The van der Waals surface area contributed by atoms with E-state index in [0.29, 0.717) is 43.3 Å². The van der Waals surface area contributed by atoms with E-state index >= 15 is 0 Å². The number of hydrogen-bond donors (Lipinski definition) is 0. The molecule has 1 aromatic heterocycles. The number of nitrogens with zero attached hydrogens (tertiary/aromatic N) is 3. The fourth-order valence-electron chi connectivity index (χ4n) is 2.70. The number of benzene rings is 1. The van der Waals surface area contributed by atoms with Crippen LogP contribution in [0.4, 0.5) is 0 Å². The van der Waals surface area contributed by atoms with E-state index in [2.05, 4.69) is 4.98 Å². The van der Waals surface area contributed by atoms with Gasteiger partial charge in [0.25, 0.3) is 5.91 Å². The highest BCUT2D eigenvalue weighted by atomic mass is 35.5. The van der Waals surface area contributed by atoms with E-state index in [4.69, 9.17) is 11.6 Å². The average molecular weight is 344 g/mol. The lowest BCUT2D eigenvalue weighted by molar-refractivity contribution is -0.131. The minimum atomic E-state index is -0.0830. The summed E-state index contributed by atoms with van der Waals surface area (Å²) < 4.78 is 0. The zero-order valence-corrected chi connectivity index (χ0v) is 13.9. The van der Waals surface area contributed by atoms with E-state index in [1.165, 1.54) is 0 Å². The minimum absolute atomic E-state index is 0.0715. The van der Waals surface area contributed by atoms with Crippen LogP contribution in [0.15, 0.2) is 48.7 Å². The largest absolute Gasteiger partial charge is 0.339 e. The fraction of sp³-hybridized carbons (Fsp3) is 0.278. The van der Waals surface area contributed by atoms with Gasteiger partial charge in [0, 0.05) is 37.4 Å². The third-order valence-corrected chi connectivity index (χ3v) is 4.32. The molecule has 0 saturated carbocycles. The van der Waals surface area contributed by atoms with Gasteiger partial charge in [-0.3, -0.25) is 14.6 Å². The maximum absolute atomic E-state index is 12.4. The molecule has 0 radical (unpaired) electrons. The highest BCUT2D eigenvalue weighted by molar-refractivity contribution is 6.30. The summed E-state index contributed by atoms with van der Waals surface area (Å²) in [5.74, 6) is -0.0114. The molecule has 24 heavy (non-hydrogen) atoms. The van der Waals surface area contributed by atoms with Gasteiger partial charge in [0.05, 0.1) is 6.42 Å². The van der Waals surface area contributed by atoms with E-state index in [1.54, 1.807) is 46.3 Å². The van der Waals surface area contributed by atoms with Crippen LogP contribution < -0.4 is 0 Å². The molecule has 1 aliphatic rings. The van der Waals surface area contributed by atoms with Crippen LogP contribution in [0.1, 0.15) is 16.1 Å². The molecular weight excluding hydrogens is 326 g/mol. The first-order valence-corrected chi connectivity index (χ1v) is 8.24. The lowest BCUT2D eigenvalue weighted by Crippen LogP contribution is -2.51. The van der Waals surface area contributed by atoms with E-state index in [1.807, 2.05) is 12.1 Å². The van der Waals surface area contributed by atoms with Crippen molar-refractivity contribution in [3.8, 4) is 0 Å². The summed E-state index contributed by atoms with van der Waals surface area (Å²) in [6, 6.07) is 12.6. The Kier molecular flexibility index (Phi) is 5.11. The summed E-state index contributed by atoms with van der Waals surface area (Å²) in [7, 11) is 0. The molecule has 3 rings (SSSR count). The normalized spacial score (nSPS) is 14.5. The van der Waals surface area contributed by atoms with Crippen molar-refractivity contribution in [3.05, 3.63) is 64.9 Å². The van der Waals surface area contributed by atoms with Crippen molar-refractivity contribution in [2.24, 2.45) is 0 Å². The van der Waals surface area contributed by atoms with Crippen LogP contribution in [-0.2, 0) is 11.2 Å². The van der Waals surface area contributed by atoms with Crippen LogP contribution >= 0.6 is 11.6 Å². The monoisotopic (exact) mass is 343 g/mol. The number of aromatic nitrogens is 1. The summed E-state index contributed by atoms with van der Waals surface area (Å²) >= 11 is 5.86. The highest BCUT2D eigenvalue weighted by Gasteiger charge is 2.25. The predicted octanol–water partition coefficient (Wildman–Crippen LogP) is 2.26. The first-order valence-electron chi connectivity index (χ1n) is 7.86. The molecule has 1 fully saturated rings. The molecule has 6 heteroatoms. The molecule has 5 nitrogen and oxygen atoms in total. The van der Waals surface area contributed by atoms with Crippen LogP contribution in [0, 0.1) is 0 Å². The molecular formula is C18H18ClN3O2. The van der Waals surface area contributed by atoms with Crippen molar-refractivity contribution in [1.82, 2.24) is 14.8 Å². The average Bonchev–Trinajstić information content (AvgIpc) is 2.64. The van der Waals surface area contributed by atoms with Crippen LogP contribution in [0.5, 0.6) is 0 Å². The fourth-order valence-corrected chi connectivity index (χ4v) is 2.82. The molecule has 2 aromatic rings. The van der Waals surface area contributed by atoms with Crippen molar-refractivity contribution in [1.29, 1.82) is 0 Å². The number of pyridine rings is 1. The lowest BCUT2D eigenvalue weighted by Gasteiger charge is -2.34. The third-order valence-electron chi connectivity index (χ3n) is 4.07. The van der Waals surface area contributed by atoms with Crippen molar-refractivity contribution in [2.75, 3.05) is 26.2 Å². The second-order valence-corrected chi connectivity index (χ2v) is 6.13. The van der Waals surface area contributed by atoms with Crippen LogP contribution in [0.2, 0.25) is 5.02 Å². The van der Waals surface area contributed by atoms with Gasteiger partial charge in [0.2, 0.25) is 5.91 Å². The molecule has 1 aromatic carbocycles. The maximum atomic E-state index is 12.4. The number of carbonyl (C=O) groups is 2. The van der Waals surface area contributed by atoms with Crippen LogP contribution in [0.3, 0.4) is 0 Å².